The maximum Gasteiger partial charge on any atom is 0.228 e. The summed E-state index contributed by atoms with van der Waals surface area (Å²) in [5.41, 5.74) is -0.699. The molecule has 1 amide bonds. The van der Waals surface area contributed by atoms with Gasteiger partial charge in [0.15, 0.2) is 11.9 Å². The lowest BCUT2D eigenvalue weighted by Gasteiger charge is -2.46. The van der Waals surface area contributed by atoms with E-state index in [0.717, 1.165) is 45.1 Å². The highest BCUT2D eigenvalue weighted by molar-refractivity contribution is 6.00. The van der Waals surface area contributed by atoms with Gasteiger partial charge in [0.2, 0.25) is 11.8 Å². The number of Topliss-reactive ketones (excluding diaryl/α,β-unsaturated/α-hetero) is 1. The number of hydrogen-bond donors (Lipinski definition) is 2. The number of hydrogen-bond acceptors (Lipinski definition) is 8. The fraction of sp³-hybridized carbons (Fsp3) is 0.679. The zero-order chi connectivity index (χ0) is 26.2. The molecule has 5 atom stereocenters. The SMILES string of the molecule is C#C[C@H](Oc1cc(N2CCCC2=O)nc(C(=N)C2CCC[C@@]3(CCCCC3=O)[C@@H]2O)n1)[C@@H]1CCCN1C. The van der Waals surface area contributed by atoms with Crippen LogP contribution in [0.4, 0.5) is 5.82 Å². The lowest BCUT2D eigenvalue weighted by Crippen LogP contribution is -2.52. The van der Waals surface area contributed by atoms with Crippen LogP contribution in [-0.2, 0) is 9.59 Å². The Morgan fingerprint density at radius 2 is 1.97 bits per heavy atom. The van der Waals surface area contributed by atoms with E-state index in [1.54, 1.807) is 11.0 Å². The summed E-state index contributed by atoms with van der Waals surface area (Å²) in [5, 5.41) is 20.5. The van der Waals surface area contributed by atoms with E-state index in [0.29, 0.717) is 44.5 Å². The van der Waals surface area contributed by atoms with Crippen molar-refractivity contribution in [1.82, 2.24) is 14.9 Å². The molecular formula is C28H37N5O4. The first-order chi connectivity index (χ1) is 17.8. The van der Waals surface area contributed by atoms with Crippen LogP contribution in [0.15, 0.2) is 6.07 Å². The molecule has 5 rings (SSSR count). The third-order valence-corrected chi connectivity index (χ3v) is 8.91. The predicted octanol–water partition coefficient (Wildman–Crippen LogP) is 2.74. The molecule has 2 aliphatic heterocycles. The lowest BCUT2D eigenvalue weighted by atomic mass is 9.59. The van der Waals surface area contributed by atoms with E-state index in [2.05, 4.69) is 20.8 Å². The van der Waals surface area contributed by atoms with Gasteiger partial charge in [-0.15, -0.1) is 6.42 Å². The van der Waals surface area contributed by atoms with Gasteiger partial charge in [-0.2, -0.15) is 4.98 Å². The highest BCUT2D eigenvalue weighted by Gasteiger charge is 2.51. The fourth-order valence-corrected chi connectivity index (χ4v) is 6.78. The van der Waals surface area contributed by atoms with Gasteiger partial charge < -0.3 is 15.3 Å². The van der Waals surface area contributed by atoms with Crippen LogP contribution in [0.3, 0.4) is 0 Å². The minimum atomic E-state index is -0.947. The fourth-order valence-electron chi connectivity index (χ4n) is 6.78. The van der Waals surface area contributed by atoms with E-state index < -0.39 is 23.5 Å². The first kappa shape index (κ1) is 25.8. The summed E-state index contributed by atoms with van der Waals surface area (Å²) >= 11 is 0. The van der Waals surface area contributed by atoms with Crippen molar-refractivity contribution in [2.45, 2.75) is 88.9 Å². The maximum absolute atomic E-state index is 13.0. The third-order valence-electron chi connectivity index (χ3n) is 8.91. The first-order valence-electron chi connectivity index (χ1n) is 13.7. The number of amides is 1. The molecular weight excluding hydrogens is 470 g/mol. The quantitative estimate of drug-likeness (QED) is 0.449. The Labute approximate surface area is 218 Å². The molecule has 2 N–H and O–H groups in total. The standard InChI is InChI=1S/C28H37N5O4/c1-3-20(19-10-7-15-32(19)2)37-23-17-22(33-16-8-12-24(33)35)30-27(31-23)25(29)18-9-6-14-28(26(18)36)13-5-4-11-21(28)34/h1,17-20,26,29,36H,4-16H2,2H3/t18?,19-,20-,26+,28+/m0/s1. The second kappa shape index (κ2) is 10.5. The van der Waals surface area contributed by atoms with Crippen molar-refractivity contribution < 1.29 is 19.4 Å². The van der Waals surface area contributed by atoms with Crippen LogP contribution in [0.25, 0.3) is 0 Å². The molecule has 0 bridgehead atoms. The number of ketones is 1. The van der Waals surface area contributed by atoms with Crippen molar-refractivity contribution in [1.29, 1.82) is 5.41 Å². The topological polar surface area (TPSA) is 120 Å². The van der Waals surface area contributed by atoms with Crippen molar-refractivity contribution in [2.24, 2.45) is 11.3 Å². The molecule has 1 unspecified atom stereocenters. The maximum atomic E-state index is 13.0. The number of rotatable bonds is 6. The zero-order valence-electron chi connectivity index (χ0n) is 21.6. The number of terminal acetylenes is 1. The summed E-state index contributed by atoms with van der Waals surface area (Å²) in [6.45, 7) is 1.48. The van der Waals surface area contributed by atoms with Gasteiger partial charge in [-0.3, -0.25) is 19.4 Å². The Morgan fingerprint density at radius 1 is 1.16 bits per heavy atom. The number of anilines is 1. The number of nitrogens with zero attached hydrogens (tertiary/aromatic N) is 4. The van der Waals surface area contributed by atoms with Gasteiger partial charge in [0.25, 0.3) is 0 Å². The second-order valence-corrected chi connectivity index (χ2v) is 11.1. The van der Waals surface area contributed by atoms with Crippen LogP contribution < -0.4 is 9.64 Å². The molecule has 0 radical (unpaired) electrons. The Kier molecular flexibility index (Phi) is 7.32. The van der Waals surface area contributed by atoms with Gasteiger partial charge in [0.05, 0.1) is 23.3 Å². The Morgan fingerprint density at radius 3 is 2.65 bits per heavy atom. The predicted molar refractivity (Wildman–Crippen MR) is 139 cm³/mol. The lowest BCUT2D eigenvalue weighted by molar-refractivity contribution is -0.145. The monoisotopic (exact) mass is 507 g/mol. The molecule has 2 saturated heterocycles. The smallest absolute Gasteiger partial charge is 0.228 e. The van der Waals surface area contributed by atoms with Gasteiger partial charge >= 0.3 is 0 Å². The summed E-state index contributed by atoms with van der Waals surface area (Å²) in [7, 11) is 2.02. The van der Waals surface area contributed by atoms with E-state index in [1.807, 2.05) is 7.05 Å². The number of carbonyl (C=O) groups is 2. The summed E-state index contributed by atoms with van der Waals surface area (Å²) in [4.78, 5) is 38.5. The van der Waals surface area contributed by atoms with Crippen LogP contribution in [-0.4, -0.2) is 75.8 Å². The van der Waals surface area contributed by atoms with Gasteiger partial charge in [0, 0.05) is 31.4 Å². The Hall–Kier alpha value is -2.83. The van der Waals surface area contributed by atoms with E-state index in [-0.39, 0.29) is 35.1 Å². The molecule has 0 aromatic carbocycles. The number of aliphatic hydroxyl groups excluding tert-OH is 1. The number of aliphatic hydroxyl groups is 1. The number of carbonyl (C=O) groups excluding carboxylic acids is 2. The molecule has 2 saturated carbocycles. The van der Waals surface area contributed by atoms with Crippen molar-refractivity contribution in [3.05, 3.63) is 11.9 Å². The van der Waals surface area contributed by atoms with Gasteiger partial charge in [-0.25, -0.2) is 4.98 Å². The highest BCUT2D eigenvalue weighted by Crippen LogP contribution is 2.48. The molecule has 1 aromatic heterocycles. The van der Waals surface area contributed by atoms with Crippen molar-refractivity contribution in [2.75, 3.05) is 25.0 Å². The number of aromatic nitrogens is 2. The number of likely N-dealkylation sites (tertiary alicyclic amines) is 1. The molecule has 198 valence electrons. The van der Waals surface area contributed by atoms with Crippen LogP contribution in [0, 0.1) is 29.1 Å². The summed E-state index contributed by atoms with van der Waals surface area (Å²) in [5.74, 6) is 3.00. The number of ether oxygens (including phenoxy) is 1. The molecule has 9 heteroatoms. The summed E-state index contributed by atoms with van der Waals surface area (Å²) in [6.07, 6.45) is 12.4. The number of likely N-dealkylation sites (N-methyl/N-ethyl adjacent to an activating group) is 1. The first-order valence-corrected chi connectivity index (χ1v) is 13.7. The largest absolute Gasteiger partial charge is 0.459 e. The molecule has 1 aromatic rings. The van der Waals surface area contributed by atoms with E-state index in [9.17, 15) is 14.7 Å². The highest BCUT2D eigenvalue weighted by atomic mass is 16.5. The minimum absolute atomic E-state index is 0.0318. The van der Waals surface area contributed by atoms with Crippen molar-refractivity contribution in [3.8, 4) is 18.2 Å². The van der Waals surface area contributed by atoms with Crippen molar-refractivity contribution >= 4 is 23.2 Å². The van der Waals surface area contributed by atoms with Crippen LogP contribution in [0.2, 0.25) is 0 Å². The van der Waals surface area contributed by atoms with Crippen LogP contribution in [0.5, 0.6) is 5.88 Å². The average molecular weight is 508 g/mol. The molecule has 4 fully saturated rings. The molecule has 1 spiro atoms. The summed E-state index contributed by atoms with van der Waals surface area (Å²) in [6, 6.07) is 1.68. The van der Waals surface area contributed by atoms with Crippen LogP contribution in [0.1, 0.15) is 76.5 Å². The van der Waals surface area contributed by atoms with Crippen molar-refractivity contribution in [3.63, 3.8) is 0 Å². The Balaban J connectivity index is 1.47. The van der Waals surface area contributed by atoms with E-state index >= 15 is 0 Å². The average Bonchev–Trinajstić information content (AvgIpc) is 3.53. The third kappa shape index (κ3) is 4.77. The van der Waals surface area contributed by atoms with Crippen LogP contribution >= 0.6 is 0 Å². The molecule has 4 aliphatic rings. The normalized spacial score (nSPS) is 31.5. The molecule has 9 nitrogen and oxygen atoms in total. The Bertz CT molecular complexity index is 1110. The molecule has 37 heavy (non-hydrogen) atoms. The van der Waals surface area contributed by atoms with E-state index in [4.69, 9.17) is 16.6 Å². The zero-order valence-corrected chi connectivity index (χ0v) is 21.6. The molecule has 3 heterocycles. The molecule has 2 aliphatic carbocycles. The van der Waals surface area contributed by atoms with Gasteiger partial charge in [0.1, 0.15) is 11.6 Å². The van der Waals surface area contributed by atoms with Gasteiger partial charge in [-0.1, -0.05) is 18.8 Å². The minimum Gasteiger partial charge on any atom is -0.459 e. The van der Waals surface area contributed by atoms with Gasteiger partial charge in [-0.05, 0) is 58.5 Å². The second-order valence-electron chi connectivity index (χ2n) is 11.1. The summed E-state index contributed by atoms with van der Waals surface area (Å²) < 4.78 is 6.21. The number of nitrogens with one attached hydrogen (secondary N) is 1. The van der Waals surface area contributed by atoms with E-state index in [1.165, 1.54) is 0 Å².